The molecular formula is C14H19N5O7. The van der Waals surface area contributed by atoms with Crippen LogP contribution in [-0.2, 0) is 4.79 Å². The Bertz CT molecular complexity index is 663. The second kappa shape index (κ2) is 9.27. The van der Waals surface area contributed by atoms with E-state index in [0.717, 1.165) is 6.92 Å². The van der Waals surface area contributed by atoms with Crippen LogP contribution >= 0.6 is 0 Å². The van der Waals surface area contributed by atoms with Crippen molar-refractivity contribution in [1.29, 1.82) is 0 Å². The third kappa shape index (κ3) is 5.37. The Morgan fingerprint density at radius 1 is 1.08 bits per heavy atom. The Kier molecular flexibility index (Phi) is 7.40. The number of nitrogens with one attached hydrogen (secondary N) is 3. The van der Waals surface area contributed by atoms with Crippen molar-refractivity contribution in [3.63, 3.8) is 0 Å². The van der Waals surface area contributed by atoms with Crippen LogP contribution in [0.3, 0.4) is 0 Å². The summed E-state index contributed by atoms with van der Waals surface area (Å²) in [4.78, 5) is 43.0. The Labute approximate surface area is 147 Å². The molecule has 0 aromatic heterocycles. The van der Waals surface area contributed by atoms with Crippen molar-refractivity contribution in [3.8, 4) is 0 Å². The fraction of sp³-hybridized carbons (Fsp3) is 0.429. The van der Waals surface area contributed by atoms with E-state index in [1.165, 1.54) is 24.3 Å². The Morgan fingerprint density at radius 3 is 2.12 bits per heavy atom. The molecule has 0 radical (unpaired) electrons. The number of hydrogen-bond acceptors (Lipinski definition) is 8. The summed E-state index contributed by atoms with van der Waals surface area (Å²) in [5, 5.41) is 38.3. The number of anilines is 1. The molecule has 1 aromatic rings. The first-order chi connectivity index (χ1) is 12.2. The number of nitrogens with zero attached hydrogens (tertiary/aromatic N) is 2. The van der Waals surface area contributed by atoms with Crippen molar-refractivity contribution in [2.24, 2.45) is 0 Å². The number of carbonyl (C=O) groups is 2. The fourth-order valence-corrected chi connectivity index (χ4v) is 1.91. The fourth-order valence-electron chi connectivity index (χ4n) is 1.91. The number of nitro groups is 2. The van der Waals surface area contributed by atoms with Gasteiger partial charge < -0.3 is 21.1 Å². The molecule has 1 rings (SSSR count). The summed E-state index contributed by atoms with van der Waals surface area (Å²) >= 11 is 0. The van der Waals surface area contributed by atoms with E-state index in [-0.39, 0.29) is 18.7 Å². The number of carbonyl (C=O) groups excluding carboxylic acids is 2. The summed E-state index contributed by atoms with van der Waals surface area (Å²) in [7, 11) is 0. The van der Waals surface area contributed by atoms with Gasteiger partial charge in [-0.25, -0.2) is 0 Å². The normalized spacial score (nSPS) is 10.7. The highest BCUT2D eigenvalue weighted by molar-refractivity contribution is 5.94. The van der Waals surface area contributed by atoms with Gasteiger partial charge in [0.25, 0.3) is 5.91 Å². The van der Waals surface area contributed by atoms with E-state index in [2.05, 4.69) is 16.0 Å². The van der Waals surface area contributed by atoms with Gasteiger partial charge in [0.15, 0.2) is 13.1 Å². The first kappa shape index (κ1) is 20.8. The molecule has 0 spiro atoms. The molecule has 1 aromatic carbocycles. The molecule has 4 N–H and O–H groups in total. The average Bonchev–Trinajstić information content (AvgIpc) is 2.59. The van der Waals surface area contributed by atoms with E-state index in [1.807, 2.05) is 0 Å². The van der Waals surface area contributed by atoms with Gasteiger partial charge in [0, 0.05) is 24.7 Å². The summed E-state index contributed by atoms with van der Waals surface area (Å²) in [6.45, 7) is -0.474. The topological polar surface area (TPSA) is 177 Å². The maximum Gasteiger partial charge on any atom is 0.491 e. The number of aliphatic hydroxyl groups excluding tert-OH is 1. The van der Waals surface area contributed by atoms with E-state index in [1.54, 1.807) is 0 Å². The van der Waals surface area contributed by atoms with Gasteiger partial charge >= 0.3 is 5.66 Å². The highest BCUT2D eigenvalue weighted by Gasteiger charge is 2.56. The molecule has 26 heavy (non-hydrogen) atoms. The first-order valence-electron chi connectivity index (χ1n) is 7.49. The van der Waals surface area contributed by atoms with Gasteiger partial charge in [-0.2, -0.15) is 0 Å². The van der Waals surface area contributed by atoms with Crippen LogP contribution in [0, 0.1) is 20.2 Å². The molecule has 0 aliphatic carbocycles. The van der Waals surface area contributed by atoms with Gasteiger partial charge in [0.2, 0.25) is 5.91 Å². The second-order valence-electron chi connectivity index (χ2n) is 5.32. The van der Waals surface area contributed by atoms with Crippen LogP contribution in [0.2, 0.25) is 0 Å². The quantitative estimate of drug-likeness (QED) is 0.235. The molecular weight excluding hydrogens is 350 g/mol. The molecule has 12 heteroatoms. The zero-order valence-corrected chi connectivity index (χ0v) is 13.9. The van der Waals surface area contributed by atoms with Gasteiger partial charge in [-0.15, -0.1) is 0 Å². The molecule has 0 saturated heterocycles. The smallest absolute Gasteiger partial charge is 0.395 e. The molecule has 0 saturated carbocycles. The minimum atomic E-state index is -2.64. The van der Waals surface area contributed by atoms with Crippen molar-refractivity contribution in [2.75, 3.05) is 31.6 Å². The van der Waals surface area contributed by atoms with Crippen molar-refractivity contribution >= 4 is 17.5 Å². The van der Waals surface area contributed by atoms with Gasteiger partial charge in [-0.1, -0.05) is 0 Å². The predicted octanol–water partition coefficient (Wildman–Crippen LogP) is -0.794. The zero-order chi connectivity index (χ0) is 19.7. The lowest BCUT2D eigenvalue weighted by molar-refractivity contribution is -0.789. The van der Waals surface area contributed by atoms with Crippen molar-refractivity contribution in [2.45, 2.75) is 12.6 Å². The molecule has 0 atom stereocenters. The van der Waals surface area contributed by atoms with Crippen LogP contribution in [0.4, 0.5) is 5.69 Å². The highest BCUT2D eigenvalue weighted by Crippen LogP contribution is 2.15. The molecule has 142 valence electrons. The van der Waals surface area contributed by atoms with Crippen LogP contribution in [0.15, 0.2) is 24.3 Å². The number of rotatable bonds is 10. The number of benzene rings is 1. The summed E-state index contributed by atoms with van der Waals surface area (Å²) in [5.41, 5.74) is -2.03. The van der Waals surface area contributed by atoms with Gasteiger partial charge in [-0.3, -0.25) is 29.8 Å². The lowest BCUT2D eigenvalue weighted by atomic mass is 10.1. The maximum atomic E-state index is 11.7. The van der Waals surface area contributed by atoms with E-state index < -0.39 is 40.4 Å². The second-order valence-corrected chi connectivity index (χ2v) is 5.32. The summed E-state index contributed by atoms with van der Waals surface area (Å²) in [6.07, 6.45) is 0. The highest BCUT2D eigenvalue weighted by atomic mass is 16.7. The van der Waals surface area contributed by atoms with Crippen molar-refractivity contribution in [3.05, 3.63) is 50.1 Å². The van der Waals surface area contributed by atoms with Gasteiger partial charge in [0.05, 0.1) is 6.61 Å². The zero-order valence-electron chi connectivity index (χ0n) is 13.9. The molecule has 0 heterocycles. The third-order valence-corrected chi connectivity index (χ3v) is 3.42. The minimum Gasteiger partial charge on any atom is -0.395 e. The maximum absolute atomic E-state index is 11.7. The lowest BCUT2D eigenvalue weighted by Gasteiger charge is -2.18. The molecule has 2 amide bonds. The van der Waals surface area contributed by atoms with Crippen LogP contribution in [0.5, 0.6) is 0 Å². The monoisotopic (exact) mass is 369 g/mol. The van der Waals surface area contributed by atoms with E-state index in [9.17, 15) is 29.8 Å². The first-order valence-corrected chi connectivity index (χ1v) is 7.49. The standard InChI is InChI=1S/C14H19N5O7/c1-10(21)16-8-14(18(23)24,19(25)26)9-17-12-4-2-11(3-5-12)13(22)15-6-7-20/h2-5,17,20H,6-9H2,1H3,(H,15,22)(H,16,21). The molecule has 12 nitrogen and oxygen atoms in total. The summed E-state index contributed by atoms with van der Waals surface area (Å²) in [6, 6.07) is 5.69. The third-order valence-electron chi connectivity index (χ3n) is 3.42. The molecule has 0 aliphatic rings. The van der Waals surface area contributed by atoms with Gasteiger partial charge in [-0.05, 0) is 24.3 Å². The van der Waals surface area contributed by atoms with Crippen LogP contribution in [0.25, 0.3) is 0 Å². The Morgan fingerprint density at radius 2 is 1.65 bits per heavy atom. The van der Waals surface area contributed by atoms with Gasteiger partial charge in [0.1, 0.15) is 9.85 Å². The van der Waals surface area contributed by atoms with Crippen LogP contribution in [0.1, 0.15) is 17.3 Å². The van der Waals surface area contributed by atoms with Crippen molar-refractivity contribution < 1.29 is 24.5 Å². The van der Waals surface area contributed by atoms with E-state index in [4.69, 9.17) is 5.11 Å². The summed E-state index contributed by atoms with van der Waals surface area (Å²) < 4.78 is 0. The molecule has 0 fully saturated rings. The number of aliphatic hydroxyl groups is 1. The van der Waals surface area contributed by atoms with Crippen molar-refractivity contribution in [1.82, 2.24) is 10.6 Å². The predicted molar refractivity (Wildman–Crippen MR) is 89.8 cm³/mol. The largest absolute Gasteiger partial charge is 0.491 e. The molecule has 0 unspecified atom stereocenters. The van der Waals surface area contributed by atoms with Crippen LogP contribution < -0.4 is 16.0 Å². The lowest BCUT2D eigenvalue weighted by Crippen LogP contribution is -2.58. The Balaban J connectivity index is 2.85. The van der Waals surface area contributed by atoms with E-state index in [0.29, 0.717) is 5.69 Å². The molecule has 0 aliphatic heterocycles. The summed E-state index contributed by atoms with van der Waals surface area (Å²) in [5.74, 6) is -1.04. The SMILES string of the molecule is CC(=O)NCC(CNc1ccc(C(=O)NCCO)cc1)([N+](=O)[O-])[N+](=O)[O-]. The van der Waals surface area contributed by atoms with E-state index >= 15 is 0 Å². The molecule has 0 bridgehead atoms. The van der Waals surface area contributed by atoms with Crippen LogP contribution in [-0.4, -0.2) is 58.7 Å². The number of hydrogen-bond donors (Lipinski definition) is 4. The minimum absolute atomic E-state index is 0.0934. The average molecular weight is 369 g/mol. The Hall–Kier alpha value is -3.28. The number of amides is 2.